The largest absolute Gasteiger partial charge is 0.495 e. The van der Waals surface area contributed by atoms with Crippen LogP contribution in [0.15, 0.2) is 52.4 Å². The number of guanidine groups is 1. The van der Waals surface area contributed by atoms with Crippen molar-refractivity contribution in [2.24, 2.45) is 10.7 Å². The molecule has 6 nitrogen and oxygen atoms in total. The first-order chi connectivity index (χ1) is 11.6. The normalized spacial score (nSPS) is 11.3. The van der Waals surface area contributed by atoms with Crippen LogP contribution >= 0.6 is 11.6 Å². The molecular formula is C17H21ClN4O2. The Labute approximate surface area is 145 Å². The Hall–Kier alpha value is -2.47. The van der Waals surface area contributed by atoms with Gasteiger partial charge in [-0.15, -0.1) is 0 Å². The Morgan fingerprint density at radius 3 is 2.88 bits per heavy atom. The van der Waals surface area contributed by atoms with Crippen LogP contribution in [0.2, 0.25) is 5.02 Å². The number of aromatic nitrogens is 1. The van der Waals surface area contributed by atoms with E-state index in [4.69, 9.17) is 22.1 Å². The van der Waals surface area contributed by atoms with E-state index in [9.17, 15) is 4.79 Å². The molecule has 7 heteroatoms. The average molecular weight is 349 g/mol. The molecule has 24 heavy (non-hydrogen) atoms. The number of hydrogen-bond donors (Lipinski definition) is 2. The zero-order valence-electron chi connectivity index (χ0n) is 13.5. The smallest absolute Gasteiger partial charge is 0.250 e. The number of hydrogen-bond acceptors (Lipinski definition) is 3. The van der Waals surface area contributed by atoms with Gasteiger partial charge >= 0.3 is 0 Å². The van der Waals surface area contributed by atoms with Crippen LogP contribution in [0, 0.1) is 0 Å². The third-order valence-electron chi connectivity index (χ3n) is 3.41. The molecule has 0 atom stereocenters. The number of rotatable bonds is 7. The van der Waals surface area contributed by atoms with Crippen LogP contribution in [0.3, 0.4) is 0 Å². The van der Waals surface area contributed by atoms with Gasteiger partial charge < -0.3 is 20.4 Å². The summed E-state index contributed by atoms with van der Waals surface area (Å²) in [6.45, 7) is 1.26. The van der Waals surface area contributed by atoms with Gasteiger partial charge in [-0.3, -0.25) is 9.79 Å². The van der Waals surface area contributed by atoms with Crippen molar-refractivity contribution in [3.8, 4) is 5.75 Å². The first-order valence-corrected chi connectivity index (χ1v) is 8.04. The summed E-state index contributed by atoms with van der Waals surface area (Å²) >= 11 is 6.06. The van der Waals surface area contributed by atoms with Gasteiger partial charge in [-0.1, -0.05) is 17.7 Å². The Morgan fingerprint density at radius 1 is 1.33 bits per heavy atom. The van der Waals surface area contributed by atoms with E-state index in [1.165, 1.54) is 0 Å². The number of nitrogens with zero attached hydrogens (tertiary/aromatic N) is 2. The third kappa shape index (κ3) is 5.31. The molecule has 0 saturated carbocycles. The number of unbranched alkanes of at least 4 members (excludes halogenated alkanes) is 1. The highest BCUT2D eigenvalue weighted by Crippen LogP contribution is 2.26. The molecule has 0 unspecified atom stereocenters. The fourth-order valence-electron chi connectivity index (χ4n) is 2.17. The number of aliphatic imine (C=N–C) groups is 1. The topological polar surface area (TPSA) is 81.6 Å². The summed E-state index contributed by atoms with van der Waals surface area (Å²) in [5.41, 5.74) is 6.61. The van der Waals surface area contributed by atoms with Gasteiger partial charge in [0.1, 0.15) is 5.75 Å². The number of nitrogens with two attached hydrogens (primary N) is 1. The quantitative estimate of drug-likeness (QED) is 0.458. The van der Waals surface area contributed by atoms with Crippen molar-refractivity contribution in [1.82, 2.24) is 4.57 Å². The van der Waals surface area contributed by atoms with Gasteiger partial charge in [0.05, 0.1) is 12.1 Å². The molecule has 0 aliphatic rings. The van der Waals surface area contributed by atoms with Gasteiger partial charge in [-0.25, -0.2) is 0 Å². The molecule has 0 saturated heterocycles. The molecule has 3 N–H and O–H groups in total. The summed E-state index contributed by atoms with van der Waals surface area (Å²) in [4.78, 5) is 15.8. The Kier molecular flexibility index (Phi) is 6.69. The summed E-state index contributed by atoms with van der Waals surface area (Å²) in [5, 5.41) is 3.49. The number of nitrogens with one attached hydrogen (secondary N) is 1. The second kappa shape index (κ2) is 8.98. The van der Waals surface area contributed by atoms with Gasteiger partial charge in [-0.2, -0.15) is 0 Å². The number of aryl methyl sites for hydroxylation is 1. The second-order valence-electron chi connectivity index (χ2n) is 5.18. The SMILES string of the molecule is COc1ccc(NC(N)=NCCCCn2ccccc2=O)cc1Cl. The average Bonchev–Trinajstić information content (AvgIpc) is 2.56. The summed E-state index contributed by atoms with van der Waals surface area (Å²) in [6, 6.07) is 10.4. The van der Waals surface area contributed by atoms with Crippen molar-refractivity contribution in [3.63, 3.8) is 0 Å². The molecule has 0 aliphatic heterocycles. The maximum Gasteiger partial charge on any atom is 0.250 e. The van der Waals surface area contributed by atoms with Gasteiger partial charge in [0.2, 0.25) is 5.56 Å². The number of methoxy groups -OCH3 is 1. The van der Waals surface area contributed by atoms with Crippen LogP contribution < -0.4 is 21.3 Å². The molecule has 0 spiro atoms. The summed E-state index contributed by atoms with van der Waals surface area (Å²) in [5.74, 6) is 0.932. The highest BCUT2D eigenvalue weighted by Gasteiger charge is 2.02. The molecule has 0 radical (unpaired) electrons. The molecular weight excluding hydrogens is 328 g/mol. The highest BCUT2D eigenvalue weighted by atomic mass is 35.5. The Balaban J connectivity index is 1.77. The predicted molar refractivity (Wildman–Crippen MR) is 98.1 cm³/mol. The van der Waals surface area contributed by atoms with E-state index in [0.29, 0.717) is 29.8 Å². The van der Waals surface area contributed by atoms with E-state index < -0.39 is 0 Å². The molecule has 128 valence electrons. The van der Waals surface area contributed by atoms with Crippen molar-refractivity contribution >= 4 is 23.2 Å². The highest BCUT2D eigenvalue weighted by molar-refractivity contribution is 6.32. The van der Waals surface area contributed by atoms with Crippen molar-refractivity contribution < 1.29 is 4.74 Å². The molecule has 0 aliphatic carbocycles. The molecule has 1 aromatic heterocycles. The molecule has 1 heterocycles. The van der Waals surface area contributed by atoms with E-state index in [0.717, 1.165) is 18.5 Å². The summed E-state index contributed by atoms with van der Waals surface area (Å²) in [6.07, 6.45) is 3.48. The number of halogens is 1. The zero-order chi connectivity index (χ0) is 17.4. The van der Waals surface area contributed by atoms with E-state index in [-0.39, 0.29) is 5.56 Å². The minimum atomic E-state index is 0.0126. The molecule has 0 bridgehead atoms. The second-order valence-corrected chi connectivity index (χ2v) is 5.59. The zero-order valence-corrected chi connectivity index (χ0v) is 14.3. The molecule has 0 amide bonds. The fourth-order valence-corrected chi connectivity index (χ4v) is 2.43. The van der Waals surface area contributed by atoms with Gasteiger partial charge in [0.25, 0.3) is 0 Å². The molecule has 1 aromatic carbocycles. The van der Waals surface area contributed by atoms with Crippen molar-refractivity contribution in [2.45, 2.75) is 19.4 Å². The third-order valence-corrected chi connectivity index (χ3v) is 3.71. The summed E-state index contributed by atoms with van der Waals surface area (Å²) in [7, 11) is 1.56. The standard InChI is InChI=1S/C17H21ClN4O2/c1-24-15-8-7-13(12-14(15)18)21-17(19)20-9-3-5-11-22-10-4-2-6-16(22)23/h2,4,6-8,10,12H,3,5,9,11H2,1H3,(H3,19,20,21). The van der Waals surface area contributed by atoms with Crippen LogP contribution in [0.25, 0.3) is 0 Å². The first kappa shape index (κ1) is 17.9. The minimum absolute atomic E-state index is 0.0126. The molecule has 0 fully saturated rings. The monoisotopic (exact) mass is 348 g/mol. The Morgan fingerprint density at radius 2 is 2.17 bits per heavy atom. The number of benzene rings is 1. The van der Waals surface area contributed by atoms with Crippen LogP contribution in [0.1, 0.15) is 12.8 Å². The van der Waals surface area contributed by atoms with Gasteiger partial charge in [0, 0.05) is 31.0 Å². The number of ether oxygens (including phenoxy) is 1. The molecule has 2 aromatic rings. The van der Waals surface area contributed by atoms with Crippen molar-refractivity contribution in [2.75, 3.05) is 19.0 Å². The van der Waals surface area contributed by atoms with Crippen LogP contribution in [0.4, 0.5) is 5.69 Å². The number of anilines is 1. The maximum absolute atomic E-state index is 11.6. The summed E-state index contributed by atoms with van der Waals surface area (Å²) < 4.78 is 6.78. The van der Waals surface area contributed by atoms with Crippen molar-refractivity contribution in [1.29, 1.82) is 0 Å². The van der Waals surface area contributed by atoms with Crippen LogP contribution in [-0.4, -0.2) is 24.2 Å². The van der Waals surface area contributed by atoms with Crippen LogP contribution in [0.5, 0.6) is 5.75 Å². The predicted octanol–water partition coefficient (Wildman–Crippen LogP) is 2.72. The lowest BCUT2D eigenvalue weighted by Gasteiger charge is -2.08. The van der Waals surface area contributed by atoms with E-state index in [1.54, 1.807) is 42.1 Å². The lowest BCUT2D eigenvalue weighted by Crippen LogP contribution is -2.23. The maximum atomic E-state index is 11.6. The molecule has 2 rings (SSSR count). The minimum Gasteiger partial charge on any atom is -0.495 e. The Bertz CT molecular complexity index is 758. The lowest BCUT2D eigenvalue weighted by atomic mass is 10.3. The van der Waals surface area contributed by atoms with Crippen LogP contribution in [-0.2, 0) is 6.54 Å². The van der Waals surface area contributed by atoms with Gasteiger partial charge in [-0.05, 0) is 37.1 Å². The lowest BCUT2D eigenvalue weighted by molar-refractivity contribution is 0.415. The van der Waals surface area contributed by atoms with Gasteiger partial charge in [0.15, 0.2) is 5.96 Å². The van der Waals surface area contributed by atoms with E-state index in [1.807, 2.05) is 12.1 Å². The first-order valence-electron chi connectivity index (χ1n) is 7.66. The van der Waals surface area contributed by atoms with E-state index in [2.05, 4.69) is 10.3 Å². The fraction of sp³-hybridized carbons (Fsp3) is 0.294. The van der Waals surface area contributed by atoms with E-state index >= 15 is 0 Å². The number of pyridine rings is 1. The van der Waals surface area contributed by atoms with Crippen molar-refractivity contribution in [3.05, 3.63) is 58.0 Å².